The van der Waals surface area contributed by atoms with Gasteiger partial charge in [0, 0.05) is 22.2 Å². The van der Waals surface area contributed by atoms with Crippen molar-refractivity contribution in [2.75, 3.05) is 12.3 Å². The normalized spacial score (nSPS) is 11.1. The molecule has 1 rings (SSSR count). The number of nitrogens with two attached hydrogens (primary N) is 1. The summed E-state index contributed by atoms with van der Waals surface area (Å²) in [5.74, 6) is 0.858. The molecule has 0 unspecified atom stereocenters. The van der Waals surface area contributed by atoms with Gasteiger partial charge in [-0.1, -0.05) is 35.4 Å². The monoisotopic (exact) mass is 247 g/mol. The summed E-state index contributed by atoms with van der Waals surface area (Å²) in [6.45, 7) is 0.573. The van der Waals surface area contributed by atoms with Gasteiger partial charge in [-0.15, -0.1) is 11.8 Å². The maximum Gasteiger partial charge on any atom is 0.0543 e. The van der Waals surface area contributed by atoms with Crippen LogP contribution in [-0.4, -0.2) is 12.3 Å². The minimum atomic E-state index is 0.573. The van der Waals surface area contributed by atoms with Gasteiger partial charge in [-0.25, -0.2) is 0 Å². The van der Waals surface area contributed by atoms with Crippen LogP contribution in [0.15, 0.2) is 35.2 Å². The van der Waals surface area contributed by atoms with E-state index < -0.39 is 0 Å². The number of rotatable bonds is 4. The van der Waals surface area contributed by atoms with Gasteiger partial charge >= 0.3 is 0 Å². The van der Waals surface area contributed by atoms with Crippen molar-refractivity contribution in [3.63, 3.8) is 0 Å². The van der Waals surface area contributed by atoms with E-state index in [0.717, 1.165) is 15.7 Å². The lowest BCUT2D eigenvalue weighted by Crippen LogP contribution is -1.92. The molecule has 0 atom stereocenters. The Morgan fingerprint density at radius 2 is 2.07 bits per heavy atom. The smallest absolute Gasteiger partial charge is 0.0543 e. The summed E-state index contributed by atoms with van der Waals surface area (Å²) < 4.78 is 0. The summed E-state index contributed by atoms with van der Waals surface area (Å²) in [4.78, 5) is 1.00. The lowest BCUT2D eigenvalue weighted by Gasteiger charge is -2.01. The van der Waals surface area contributed by atoms with Crippen molar-refractivity contribution in [2.24, 2.45) is 5.73 Å². The van der Waals surface area contributed by atoms with Crippen LogP contribution < -0.4 is 5.73 Å². The van der Waals surface area contributed by atoms with E-state index in [2.05, 4.69) is 0 Å². The number of hydrogen-bond acceptors (Lipinski definition) is 2. The Morgan fingerprint density at radius 3 is 2.79 bits per heavy atom. The molecular weight excluding hydrogens is 237 g/mol. The lowest BCUT2D eigenvalue weighted by molar-refractivity contribution is 1.25. The second-order valence-corrected chi connectivity index (χ2v) is 4.50. The van der Waals surface area contributed by atoms with Gasteiger partial charge in [0.05, 0.1) is 5.02 Å². The van der Waals surface area contributed by atoms with E-state index in [0.29, 0.717) is 11.6 Å². The van der Waals surface area contributed by atoms with Crippen LogP contribution in [-0.2, 0) is 0 Å². The summed E-state index contributed by atoms with van der Waals surface area (Å²) in [6, 6.07) is 5.45. The Balaban J connectivity index is 2.57. The fraction of sp³-hybridized carbons (Fsp3) is 0.200. The van der Waals surface area contributed by atoms with Gasteiger partial charge in [0.15, 0.2) is 0 Å². The Bertz CT molecular complexity index is 326. The summed E-state index contributed by atoms with van der Waals surface area (Å²) in [5.41, 5.74) is 5.32. The predicted octanol–water partition coefficient (Wildman–Crippen LogP) is 3.60. The van der Waals surface area contributed by atoms with Gasteiger partial charge in [0.2, 0.25) is 0 Å². The largest absolute Gasteiger partial charge is 0.327 e. The molecule has 0 amide bonds. The minimum Gasteiger partial charge on any atom is -0.327 e. The topological polar surface area (TPSA) is 26.0 Å². The number of benzene rings is 1. The minimum absolute atomic E-state index is 0.573. The van der Waals surface area contributed by atoms with Crippen LogP contribution in [0.3, 0.4) is 0 Å². The second-order valence-electron chi connectivity index (χ2n) is 2.59. The van der Waals surface area contributed by atoms with Crippen molar-refractivity contribution in [3.8, 4) is 0 Å². The quantitative estimate of drug-likeness (QED) is 0.650. The molecule has 0 saturated heterocycles. The molecular formula is C10H11Cl2NS. The van der Waals surface area contributed by atoms with Crippen LogP contribution in [0.4, 0.5) is 0 Å². The van der Waals surface area contributed by atoms with Crippen LogP contribution in [0.5, 0.6) is 0 Å². The van der Waals surface area contributed by atoms with Crippen LogP contribution in [0.1, 0.15) is 0 Å². The molecule has 0 saturated carbocycles. The maximum atomic E-state index is 5.98. The highest BCUT2D eigenvalue weighted by Crippen LogP contribution is 2.29. The maximum absolute atomic E-state index is 5.98. The second kappa shape index (κ2) is 6.36. The van der Waals surface area contributed by atoms with Crippen molar-refractivity contribution < 1.29 is 0 Å². The van der Waals surface area contributed by atoms with E-state index >= 15 is 0 Å². The highest BCUT2D eigenvalue weighted by molar-refractivity contribution is 7.99. The summed E-state index contributed by atoms with van der Waals surface area (Å²) in [6.07, 6.45) is 3.94. The van der Waals surface area contributed by atoms with E-state index in [1.54, 1.807) is 23.9 Å². The molecule has 2 N–H and O–H groups in total. The fourth-order valence-electron chi connectivity index (χ4n) is 0.890. The molecule has 0 aliphatic rings. The highest BCUT2D eigenvalue weighted by Gasteiger charge is 2.00. The molecule has 0 heterocycles. The van der Waals surface area contributed by atoms with Crippen molar-refractivity contribution in [1.82, 2.24) is 0 Å². The average Bonchev–Trinajstić information content (AvgIpc) is 2.18. The van der Waals surface area contributed by atoms with E-state index in [1.807, 2.05) is 18.2 Å². The standard InChI is InChI=1S/C10H11Cl2NS/c11-8-3-4-9(12)10(7-8)14-6-2-1-5-13/h1-4,7H,5-6,13H2. The van der Waals surface area contributed by atoms with Gasteiger partial charge in [-0.3, -0.25) is 0 Å². The van der Waals surface area contributed by atoms with Gasteiger partial charge in [0.1, 0.15) is 0 Å². The van der Waals surface area contributed by atoms with Gasteiger partial charge in [0.25, 0.3) is 0 Å². The van der Waals surface area contributed by atoms with E-state index in [9.17, 15) is 0 Å². The molecule has 4 heteroatoms. The summed E-state index contributed by atoms with van der Waals surface area (Å²) in [5, 5.41) is 1.44. The molecule has 0 aromatic heterocycles. The van der Waals surface area contributed by atoms with Crippen LogP contribution >= 0.6 is 35.0 Å². The van der Waals surface area contributed by atoms with Gasteiger partial charge in [-0.2, -0.15) is 0 Å². The number of hydrogen-bond donors (Lipinski definition) is 1. The van der Waals surface area contributed by atoms with E-state index in [4.69, 9.17) is 28.9 Å². The molecule has 1 aromatic rings. The molecule has 0 radical (unpaired) electrons. The van der Waals surface area contributed by atoms with Gasteiger partial charge in [-0.05, 0) is 18.2 Å². The summed E-state index contributed by atoms with van der Waals surface area (Å²) in [7, 11) is 0. The van der Waals surface area contributed by atoms with E-state index in [-0.39, 0.29) is 0 Å². The van der Waals surface area contributed by atoms with Crippen molar-refractivity contribution in [1.29, 1.82) is 0 Å². The average molecular weight is 248 g/mol. The van der Waals surface area contributed by atoms with Crippen molar-refractivity contribution in [3.05, 3.63) is 40.4 Å². The highest BCUT2D eigenvalue weighted by atomic mass is 35.5. The zero-order chi connectivity index (χ0) is 10.4. The first-order valence-corrected chi connectivity index (χ1v) is 5.91. The zero-order valence-corrected chi connectivity index (χ0v) is 9.87. The molecule has 1 aromatic carbocycles. The first-order chi connectivity index (χ1) is 6.74. The Morgan fingerprint density at radius 1 is 1.29 bits per heavy atom. The molecule has 0 fully saturated rings. The fourth-order valence-corrected chi connectivity index (χ4v) is 2.24. The molecule has 0 bridgehead atoms. The summed E-state index contributed by atoms with van der Waals surface area (Å²) >= 11 is 13.5. The van der Waals surface area contributed by atoms with Gasteiger partial charge < -0.3 is 5.73 Å². The Kier molecular flexibility index (Phi) is 5.41. The zero-order valence-electron chi connectivity index (χ0n) is 7.54. The SMILES string of the molecule is NCC=CCSc1cc(Cl)ccc1Cl. The van der Waals surface area contributed by atoms with Crippen molar-refractivity contribution in [2.45, 2.75) is 4.90 Å². The first-order valence-electron chi connectivity index (χ1n) is 4.17. The molecule has 0 spiro atoms. The molecule has 0 aliphatic heterocycles. The van der Waals surface area contributed by atoms with Crippen LogP contribution in [0.25, 0.3) is 0 Å². The molecule has 76 valence electrons. The Hall–Kier alpha value is -0.150. The number of halogens is 2. The van der Waals surface area contributed by atoms with Crippen LogP contribution in [0.2, 0.25) is 10.0 Å². The predicted molar refractivity (Wildman–Crippen MR) is 65.4 cm³/mol. The third kappa shape index (κ3) is 3.93. The third-order valence-electron chi connectivity index (χ3n) is 1.53. The first kappa shape index (κ1) is 11.9. The third-order valence-corrected chi connectivity index (χ3v) is 3.22. The van der Waals surface area contributed by atoms with E-state index in [1.165, 1.54) is 0 Å². The molecule has 14 heavy (non-hydrogen) atoms. The molecule has 1 nitrogen and oxygen atoms in total. The lowest BCUT2D eigenvalue weighted by atomic mass is 10.4. The molecule has 0 aliphatic carbocycles. The number of thioether (sulfide) groups is 1. The Labute approximate surface area is 98.3 Å². The van der Waals surface area contributed by atoms with Crippen molar-refractivity contribution >= 4 is 35.0 Å². The van der Waals surface area contributed by atoms with Crippen LogP contribution in [0, 0.1) is 0 Å².